The number of aryl methyl sites for hydroxylation is 1. The van der Waals surface area contributed by atoms with Crippen molar-refractivity contribution in [2.75, 3.05) is 6.54 Å². The Kier molecular flexibility index (Phi) is 7.40. The van der Waals surface area contributed by atoms with Crippen molar-refractivity contribution in [2.24, 2.45) is 11.8 Å². The van der Waals surface area contributed by atoms with Crippen LogP contribution in [0.5, 0.6) is 0 Å². The number of aromatic nitrogens is 2. The summed E-state index contributed by atoms with van der Waals surface area (Å²) in [5.74, 6) is 0.772. The van der Waals surface area contributed by atoms with Crippen molar-refractivity contribution in [3.05, 3.63) is 69.2 Å². The van der Waals surface area contributed by atoms with Gasteiger partial charge >= 0.3 is 0 Å². The zero-order valence-electron chi connectivity index (χ0n) is 19.7. The maximum atomic E-state index is 13.7. The molecule has 0 saturated heterocycles. The molecule has 0 radical (unpaired) electrons. The van der Waals surface area contributed by atoms with Gasteiger partial charge in [-0.15, -0.1) is 0 Å². The molecule has 1 unspecified atom stereocenters. The largest absolute Gasteiger partial charge is 0.332 e. The highest BCUT2D eigenvalue weighted by atomic mass is 35.5. The van der Waals surface area contributed by atoms with E-state index in [1.807, 2.05) is 62.9 Å². The van der Waals surface area contributed by atoms with E-state index in [0.717, 1.165) is 11.3 Å². The second kappa shape index (κ2) is 9.86. The molecule has 0 saturated carbocycles. The lowest BCUT2D eigenvalue weighted by Crippen LogP contribution is -2.42. The molecule has 0 aliphatic heterocycles. The van der Waals surface area contributed by atoms with E-state index in [-0.39, 0.29) is 29.3 Å². The minimum absolute atomic E-state index is 0.0623. The van der Waals surface area contributed by atoms with Gasteiger partial charge in [-0.3, -0.25) is 14.2 Å². The first-order valence-electron chi connectivity index (χ1n) is 11.2. The number of hydrogen-bond donors (Lipinski definition) is 0. The summed E-state index contributed by atoms with van der Waals surface area (Å²) in [5.41, 5.74) is 2.09. The van der Waals surface area contributed by atoms with Crippen molar-refractivity contribution >= 4 is 28.4 Å². The average molecular weight is 454 g/mol. The van der Waals surface area contributed by atoms with E-state index in [1.54, 1.807) is 16.7 Å². The van der Waals surface area contributed by atoms with Crippen LogP contribution in [0.25, 0.3) is 16.6 Å². The Morgan fingerprint density at radius 3 is 2.41 bits per heavy atom. The van der Waals surface area contributed by atoms with Gasteiger partial charge in [0.1, 0.15) is 5.82 Å². The van der Waals surface area contributed by atoms with E-state index in [2.05, 4.69) is 13.8 Å². The van der Waals surface area contributed by atoms with Crippen molar-refractivity contribution < 1.29 is 4.79 Å². The summed E-state index contributed by atoms with van der Waals surface area (Å²) < 4.78 is 1.67. The lowest BCUT2D eigenvalue weighted by Gasteiger charge is -2.35. The third-order valence-corrected chi connectivity index (χ3v) is 5.84. The normalized spacial score (nSPS) is 12.5. The summed E-state index contributed by atoms with van der Waals surface area (Å²) in [7, 11) is 0. The number of amides is 1. The molecule has 0 aliphatic rings. The SMILES string of the molecule is CCC(c1nc2ccccc2c(=O)n1-c1ccc(Cl)cc1C)N(CC(C)C)C(=O)C(C)C. The van der Waals surface area contributed by atoms with Gasteiger partial charge in [0.2, 0.25) is 5.91 Å². The zero-order chi connectivity index (χ0) is 23.6. The van der Waals surface area contributed by atoms with Gasteiger partial charge in [-0.25, -0.2) is 4.98 Å². The monoisotopic (exact) mass is 453 g/mol. The van der Waals surface area contributed by atoms with Gasteiger partial charge in [0.25, 0.3) is 5.56 Å². The lowest BCUT2D eigenvalue weighted by atomic mass is 10.0. The van der Waals surface area contributed by atoms with Gasteiger partial charge in [-0.05, 0) is 55.2 Å². The van der Waals surface area contributed by atoms with Crippen LogP contribution in [0.4, 0.5) is 0 Å². The molecule has 1 amide bonds. The number of halogens is 1. The fourth-order valence-corrected chi connectivity index (χ4v) is 4.34. The fourth-order valence-electron chi connectivity index (χ4n) is 4.11. The molecule has 1 aromatic heterocycles. The maximum Gasteiger partial charge on any atom is 0.266 e. The van der Waals surface area contributed by atoms with Gasteiger partial charge in [-0.1, -0.05) is 58.4 Å². The van der Waals surface area contributed by atoms with E-state index >= 15 is 0 Å². The Morgan fingerprint density at radius 1 is 1.12 bits per heavy atom. The van der Waals surface area contributed by atoms with Crippen LogP contribution in [0.15, 0.2) is 47.3 Å². The Hall–Kier alpha value is -2.66. The van der Waals surface area contributed by atoms with E-state index < -0.39 is 0 Å². The third-order valence-electron chi connectivity index (χ3n) is 5.60. The molecule has 3 aromatic rings. The molecule has 3 rings (SSSR count). The summed E-state index contributed by atoms with van der Waals surface area (Å²) in [4.78, 5) is 33.8. The van der Waals surface area contributed by atoms with Gasteiger partial charge in [0.05, 0.1) is 22.6 Å². The fraction of sp³-hybridized carbons (Fsp3) is 0.423. The number of benzene rings is 2. The van der Waals surface area contributed by atoms with Crippen LogP contribution in [0.1, 0.15) is 58.5 Å². The summed E-state index contributed by atoms with van der Waals surface area (Å²) in [6.45, 7) is 12.6. The van der Waals surface area contributed by atoms with Gasteiger partial charge in [0, 0.05) is 17.5 Å². The molecule has 2 aromatic carbocycles. The number of para-hydroxylation sites is 1. The predicted molar refractivity (Wildman–Crippen MR) is 132 cm³/mol. The van der Waals surface area contributed by atoms with Crippen molar-refractivity contribution in [1.29, 1.82) is 0 Å². The van der Waals surface area contributed by atoms with Crippen molar-refractivity contribution in [2.45, 2.75) is 54.0 Å². The summed E-state index contributed by atoms with van der Waals surface area (Å²) >= 11 is 6.20. The Morgan fingerprint density at radius 2 is 1.81 bits per heavy atom. The topological polar surface area (TPSA) is 55.2 Å². The number of hydrogen-bond acceptors (Lipinski definition) is 3. The average Bonchev–Trinajstić information content (AvgIpc) is 2.74. The number of carbonyl (C=O) groups is 1. The molecular weight excluding hydrogens is 422 g/mol. The van der Waals surface area contributed by atoms with Crippen LogP contribution in [-0.2, 0) is 4.79 Å². The van der Waals surface area contributed by atoms with Gasteiger partial charge in [0.15, 0.2) is 0 Å². The quantitative estimate of drug-likeness (QED) is 0.444. The molecule has 0 aliphatic carbocycles. The zero-order valence-corrected chi connectivity index (χ0v) is 20.5. The highest BCUT2D eigenvalue weighted by Crippen LogP contribution is 2.29. The molecule has 170 valence electrons. The van der Waals surface area contributed by atoms with Crippen LogP contribution >= 0.6 is 11.6 Å². The highest BCUT2D eigenvalue weighted by molar-refractivity contribution is 6.30. The molecular formula is C26H32ClN3O2. The van der Waals surface area contributed by atoms with E-state index in [9.17, 15) is 9.59 Å². The minimum atomic E-state index is -0.334. The second-order valence-electron chi connectivity index (χ2n) is 9.02. The van der Waals surface area contributed by atoms with Crippen LogP contribution in [0, 0.1) is 18.8 Å². The van der Waals surface area contributed by atoms with Crippen LogP contribution in [0.3, 0.4) is 0 Å². The van der Waals surface area contributed by atoms with Crippen LogP contribution in [-0.4, -0.2) is 26.9 Å². The standard InChI is InChI=1S/C26H32ClN3O2/c1-7-22(29(15-16(2)3)25(31)17(4)5)24-28-21-11-9-8-10-20(21)26(32)30(24)23-13-12-19(27)14-18(23)6/h8-14,16-17,22H,7,15H2,1-6H3. The van der Waals surface area contributed by atoms with E-state index in [4.69, 9.17) is 16.6 Å². The van der Waals surface area contributed by atoms with E-state index in [1.165, 1.54) is 0 Å². The number of nitrogens with zero attached hydrogens (tertiary/aromatic N) is 3. The summed E-state index contributed by atoms with van der Waals surface area (Å²) in [6.07, 6.45) is 0.641. The highest BCUT2D eigenvalue weighted by Gasteiger charge is 2.30. The molecule has 1 heterocycles. The molecule has 6 heteroatoms. The Labute approximate surface area is 195 Å². The van der Waals surface area contributed by atoms with E-state index in [0.29, 0.717) is 34.7 Å². The first-order valence-corrected chi connectivity index (χ1v) is 11.6. The number of carbonyl (C=O) groups excluding carboxylic acids is 1. The maximum absolute atomic E-state index is 13.7. The number of fused-ring (bicyclic) bond motifs is 1. The smallest absolute Gasteiger partial charge is 0.266 e. The first kappa shape index (κ1) is 24.0. The van der Waals surface area contributed by atoms with Gasteiger partial charge in [-0.2, -0.15) is 0 Å². The molecule has 32 heavy (non-hydrogen) atoms. The predicted octanol–water partition coefficient (Wildman–Crippen LogP) is 5.94. The van der Waals surface area contributed by atoms with Crippen molar-refractivity contribution in [1.82, 2.24) is 14.5 Å². The molecule has 5 nitrogen and oxygen atoms in total. The lowest BCUT2D eigenvalue weighted by molar-refractivity contribution is -0.138. The second-order valence-corrected chi connectivity index (χ2v) is 9.46. The summed E-state index contributed by atoms with van der Waals surface area (Å²) in [5, 5.41) is 1.16. The molecule has 0 spiro atoms. The third kappa shape index (κ3) is 4.73. The van der Waals surface area contributed by atoms with Crippen LogP contribution < -0.4 is 5.56 Å². The number of rotatable bonds is 7. The van der Waals surface area contributed by atoms with Gasteiger partial charge < -0.3 is 4.90 Å². The molecule has 0 N–H and O–H groups in total. The van der Waals surface area contributed by atoms with Crippen molar-refractivity contribution in [3.63, 3.8) is 0 Å². The minimum Gasteiger partial charge on any atom is -0.332 e. The molecule has 0 bridgehead atoms. The Bertz CT molecular complexity index is 1180. The molecule has 1 atom stereocenters. The van der Waals surface area contributed by atoms with Crippen LogP contribution in [0.2, 0.25) is 5.02 Å². The van der Waals surface area contributed by atoms with Crippen molar-refractivity contribution in [3.8, 4) is 5.69 Å². The molecule has 0 fully saturated rings. The Balaban J connectivity index is 2.36. The summed E-state index contributed by atoms with van der Waals surface area (Å²) in [6, 6.07) is 12.5. The first-order chi connectivity index (χ1) is 15.1.